The molecule has 2 rings (SSSR count). The number of oxazole rings is 1. The molecule has 7 heteroatoms. The molecule has 1 amide bonds. The van der Waals surface area contributed by atoms with Gasteiger partial charge in [-0.25, -0.2) is 4.98 Å². The van der Waals surface area contributed by atoms with Gasteiger partial charge in [0, 0.05) is 17.9 Å². The lowest BCUT2D eigenvalue weighted by atomic mass is 10.2. The molecule has 6 nitrogen and oxygen atoms in total. The Kier molecular flexibility index (Phi) is 5.51. The molecule has 1 heterocycles. The molecule has 0 unspecified atom stereocenters. The number of nitrogen functional groups attached to an aromatic ring is 1. The molecule has 0 aliphatic rings. The third-order valence-electron chi connectivity index (χ3n) is 2.68. The number of hydrogen-bond donors (Lipinski definition) is 2. The highest BCUT2D eigenvalue weighted by atomic mass is 32.2. The van der Waals surface area contributed by atoms with E-state index in [4.69, 9.17) is 14.9 Å². The van der Waals surface area contributed by atoms with E-state index in [0.29, 0.717) is 28.8 Å². The second-order valence-corrected chi connectivity index (χ2v) is 5.30. The van der Waals surface area contributed by atoms with E-state index in [9.17, 15) is 4.79 Å². The van der Waals surface area contributed by atoms with Crippen molar-refractivity contribution >= 4 is 29.0 Å². The zero-order valence-electron chi connectivity index (χ0n) is 11.7. The summed E-state index contributed by atoms with van der Waals surface area (Å²) in [6, 6.07) is 5.13. The summed E-state index contributed by atoms with van der Waals surface area (Å²) < 4.78 is 10.3. The highest BCUT2D eigenvalue weighted by Gasteiger charge is 2.08. The Labute approximate surface area is 127 Å². The second kappa shape index (κ2) is 7.58. The van der Waals surface area contributed by atoms with Crippen molar-refractivity contribution in [1.82, 2.24) is 4.98 Å². The first-order valence-corrected chi connectivity index (χ1v) is 7.43. The molecule has 0 fully saturated rings. The second-order valence-electron chi connectivity index (χ2n) is 4.26. The Morgan fingerprint density at radius 3 is 3.10 bits per heavy atom. The van der Waals surface area contributed by atoms with Crippen LogP contribution in [0.1, 0.15) is 12.8 Å². The molecule has 0 bridgehead atoms. The van der Waals surface area contributed by atoms with Crippen molar-refractivity contribution in [3.05, 3.63) is 30.7 Å². The van der Waals surface area contributed by atoms with Crippen molar-refractivity contribution in [2.45, 2.75) is 18.1 Å². The van der Waals surface area contributed by atoms with Crippen LogP contribution in [0.25, 0.3) is 0 Å². The Bertz CT molecular complexity index is 587. The number of thioether (sulfide) groups is 1. The SMILES string of the molecule is COc1ccc(N)cc1NC(=O)CCCSc1ncco1. The summed E-state index contributed by atoms with van der Waals surface area (Å²) in [5, 5.41) is 3.42. The Morgan fingerprint density at radius 2 is 2.38 bits per heavy atom. The highest BCUT2D eigenvalue weighted by molar-refractivity contribution is 7.99. The van der Waals surface area contributed by atoms with Crippen LogP contribution in [0.4, 0.5) is 11.4 Å². The fourth-order valence-electron chi connectivity index (χ4n) is 1.71. The number of ether oxygens (including phenoxy) is 1. The molecule has 3 N–H and O–H groups in total. The number of rotatable bonds is 7. The van der Waals surface area contributed by atoms with Gasteiger partial charge in [-0.15, -0.1) is 0 Å². The number of nitrogens with zero attached hydrogens (tertiary/aromatic N) is 1. The van der Waals surface area contributed by atoms with E-state index in [1.807, 2.05) is 0 Å². The van der Waals surface area contributed by atoms with Crippen molar-refractivity contribution in [3.63, 3.8) is 0 Å². The number of hydrogen-bond acceptors (Lipinski definition) is 6. The number of nitrogens with two attached hydrogens (primary N) is 1. The molecule has 112 valence electrons. The number of nitrogens with one attached hydrogen (secondary N) is 1. The van der Waals surface area contributed by atoms with Gasteiger partial charge in [0.25, 0.3) is 5.22 Å². The number of amides is 1. The summed E-state index contributed by atoms with van der Waals surface area (Å²) >= 11 is 1.48. The Morgan fingerprint density at radius 1 is 1.52 bits per heavy atom. The van der Waals surface area contributed by atoms with Crippen LogP contribution in [-0.4, -0.2) is 23.8 Å². The largest absolute Gasteiger partial charge is 0.495 e. The molecule has 0 aliphatic heterocycles. The minimum atomic E-state index is -0.0769. The van der Waals surface area contributed by atoms with E-state index < -0.39 is 0 Å². The summed E-state index contributed by atoms with van der Waals surface area (Å²) in [6.45, 7) is 0. The minimum Gasteiger partial charge on any atom is -0.495 e. The van der Waals surface area contributed by atoms with Gasteiger partial charge in [-0.3, -0.25) is 4.79 Å². The molecule has 0 radical (unpaired) electrons. The van der Waals surface area contributed by atoms with Crippen molar-refractivity contribution in [3.8, 4) is 5.75 Å². The zero-order chi connectivity index (χ0) is 15.1. The molecule has 0 saturated carbocycles. The number of anilines is 2. The van der Waals surface area contributed by atoms with Crippen LogP contribution >= 0.6 is 11.8 Å². The predicted molar refractivity (Wildman–Crippen MR) is 82.5 cm³/mol. The lowest BCUT2D eigenvalue weighted by Crippen LogP contribution is -2.12. The number of aromatic nitrogens is 1. The summed E-state index contributed by atoms with van der Waals surface area (Å²) in [7, 11) is 1.55. The number of benzene rings is 1. The molecule has 0 aliphatic carbocycles. The van der Waals surface area contributed by atoms with Crippen LogP contribution < -0.4 is 15.8 Å². The Balaban J connectivity index is 1.77. The maximum Gasteiger partial charge on any atom is 0.255 e. The lowest BCUT2D eigenvalue weighted by Gasteiger charge is -2.10. The minimum absolute atomic E-state index is 0.0769. The smallest absolute Gasteiger partial charge is 0.255 e. The lowest BCUT2D eigenvalue weighted by molar-refractivity contribution is -0.116. The van der Waals surface area contributed by atoms with Gasteiger partial charge in [-0.2, -0.15) is 0 Å². The van der Waals surface area contributed by atoms with Gasteiger partial charge >= 0.3 is 0 Å². The number of carbonyl (C=O) groups excluding carboxylic acids is 1. The van der Waals surface area contributed by atoms with Gasteiger partial charge < -0.3 is 20.2 Å². The van der Waals surface area contributed by atoms with Gasteiger partial charge in [0.05, 0.1) is 19.0 Å². The van der Waals surface area contributed by atoms with Crippen LogP contribution in [0.3, 0.4) is 0 Å². The standard InChI is InChI=1S/C14H17N3O3S/c1-19-12-5-4-10(15)9-11(12)17-13(18)3-2-8-21-14-16-6-7-20-14/h4-7,9H,2-3,8,15H2,1H3,(H,17,18). The summed E-state index contributed by atoms with van der Waals surface area (Å²) in [6.07, 6.45) is 4.26. The average Bonchev–Trinajstić information content (AvgIpc) is 2.97. The van der Waals surface area contributed by atoms with Crippen LogP contribution in [0.2, 0.25) is 0 Å². The van der Waals surface area contributed by atoms with E-state index in [-0.39, 0.29) is 5.91 Å². The summed E-state index contributed by atoms with van der Waals surface area (Å²) in [5.41, 5.74) is 6.87. The van der Waals surface area contributed by atoms with Gasteiger partial charge in [0.1, 0.15) is 12.0 Å². The highest BCUT2D eigenvalue weighted by Crippen LogP contribution is 2.26. The molecular formula is C14H17N3O3S. The Hall–Kier alpha value is -2.15. The topological polar surface area (TPSA) is 90.4 Å². The third kappa shape index (κ3) is 4.71. The summed E-state index contributed by atoms with van der Waals surface area (Å²) in [5.74, 6) is 1.28. The molecule has 1 aromatic heterocycles. The van der Waals surface area contributed by atoms with Crippen molar-refractivity contribution in [2.75, 3.05) is 23.9 Å². The van der Waals surface area contributed by atoms with Crippen LogP contribution in [0, 0.1) is 0 Å². The molecule has 0 saturated heterocycles. The van der Waals surface area contributed by atoms with Gasteiger partial charge in [0.15, 0.2) is 0 Å². The van der Waals surface area contributed by atoms with Gasteiger partial charge in [0.2, 0.25) is 5.91 Å². The fourth-order valence-corrected chi connectivity index (χ4v) is 2.43. The quantitative estimate of drug-likeness (QED) is 0.464. The van der Waals surface area contributed by atoms with Gasteiger partial charge in [-0.1, -0.05) is 11.8 Å². The number of methoxy groups -OCH3 is 1. The first-order chi connectivity index (χ1) is 10.2. The van der Waals surface area contributed by atoms with Crippen LogP contribution in [0.5, 0.6) is 5.75 Å². The molecule has 0 atom stereocenters. The fraction of sp³-hybridized carbons (Fsp3) is 0.286. The van der Waals surface area contributed by atoms with E-state index in [0.717, 1.165) is 12.2 Å². The first-order valence-electron chi connectivity index (χ1n) is 6.44. The maximum absolute atomic E-state index is 11.9. The van der Waals surface area contributed by atoms with Crippen molar-refractivity contribution in [1.29, 1.82) is 0 Å². The molecule has 2 aromatic rings. The number of carbonyl (C=O) groups is 1. The van der Waals surface area contributed by atoms with E-state index in [1.165, 1.54) is 18.0 Å². The van der Waals surface area contributed by atoms with Gasteiger partial charge in [-0.05, 0) is 24.6 Å². The molecule has 1 aromatic carbocycles. The van der Waals surface area contributed by atoms with Crippen molar-refractivity contribution < 1.29 is 13.9 Å². The average molecular weight is 307 g/mol. The van der Waals surface area contributed by atoms with E-state index >= 15 is 0 Å². The maximum atomic E-state index is 11.9. The van der Waals surface area contributed by atoms with E-state index in [2.05, 4.69) is 10.3 Å². The third-order valence-corrected chi connectivity index (χ3v) is 3.62. The molecular weight excluding hydrogens is 290 g/mol. The normalized spacial score (nSPS) is 10.3. The van der Waals surface area contributed by atoms with Crippen molar-refractivity contribution in [2.24, 2.45) is 0 Å². The zero-order valence-corrected chi connectivity index (χ0v) is 12.5. The summed E-state index contributed by atoms with van der Waals surface area (Å²) in [4.78, 5) is 15.9. The first kappa shape index (κ1) is 15.2. The molecule has 21 heavy (non-hydrogen) atoms. The molecule has 0 spiro atoms. The van der Waals surface area contributed by atoms with E-state index in [1.54, 1.807) is 31.5 Å². The predicted octanol–water partition coefficient (Wildman–Crippen LogP) is 2.78. The van der Waals surface area contributed by atoms with Crippen LogP contribution in [-0.2, 0) is 4.79 Å². The monoisotopic (exact) mass is 307 g/mol. The van der Waals surface area contributed by atoms with Crippen LogP contribution in [0.15, 0.2) is 40.3 Å².